The van der Waals surface area contributed by atoms with Gasteiger partial charge in [-0.05, 0) is 48.9 Å². The molecule has 1 aromatic rings. The first-order valence-corrected chi connectivity index (χ1v) is 6.66. The summed E-state index contributed by atoms with van der Waals surface area (Å²) in [6.45, 7) is 1.92. The molecule has 0 nitrogen and oxygen atoms in total. The van der Waals surface area contributed by atoms with Crippen LogP contribution in [0, 0.1) is 6.92 Å². The van der Waals surface area contributed by atoms with Crippen LogP contribution >= 0.6 is 0 Å². The molecule has 0 atom stereocenters. The van der Waals surface area contributed by atoms with Crippen molar-refractivity contribution in [1.82, 2.24) is 0 Å². The summed E-state index contributed by atoms with van der Waals surface area (Å²) in [5.74, 6) is 0.315. The summed E-state index contributed by atoms with van der Waals surface area (Å²) in [5, 5.41) is 0. The van der Waals surface area contributed by atoms with Gasteiger partial charge in [-0.15, -0.1) is 0 Å². The Balaban J connectivity index is 2.30. The average molecular weight is 256 g/mol. The summed E-state index contributed by atoms with van der Waals surface area (Å²) >= 11 is 0. The molecule has 1 fully saturated rings. The zero-order chi connectivity index (χ0) is 13.2. The Kier molecular flexibility index (Phi) is 3.98. The highest BCUT2D eigenvalue weighted by Gasteiger charge is 2.31. The maximum Gasteiger partial charge on any atom is 0.416 e. The van der Waals surface area contributed by atoms with E-state index in [2.05, 4.69) is 0 Å². The van der Waals surface area contributed by atoms with Gasteiger partial charge in [0.2, 0.25) is 0 Å². The molecule has 0 N–H and O–H groups in total. The first-order valence-electron chi connectivity index (χ1n) is 6.66. The summed E-state index contributed by atoms with van der Waals surface area (Å²) in [4.78, 5) is 0. The molecule has 18 heavy (non-hydrogen) atoms. The fourth-order valence-electron chi connectivity index (χ4n) is 2.85. The lowest BCUT2D eigenvalue weighted by Gasteiger charge is -2.19. The SMILES string of the molecule is Cc1ccc(C(F)(F)F)cc1C1CCCCCC1. The lowest BCUT2D eigenvalue weighted by atomic mass is 9.87. The van der Waals surface area contributed by atoms with Crippen LogP contribution in [0.15, 0.2) is 18.2 Å². The summed E-state index contributed by atoms with van der Waals surface area (Å²) in [5.41, 5.74) is 1.40. The van der Waals surface area contributed by atoms with Crippen LogP contribution in [0.4, 0.5) is 13.2 Å². The van der Waals surface area contributed by atoms with Crippen molar-refractivity contribution in [1.29, 1.82) is 0 Å². The van der Waals surface area contributed by atoms with Crippen LogP contribution in [0.2, 0.25) is 0 Å². The minimum atomic E-state index is -4.23. The lowest BCUT2D eigenvalue weighted by molar-refractivity contribution is -0.137. The van der Waals surface area contributed by atoms with Gasteiger partial charge in [0.25, 0.3) is 0 Å². The maximum atomic E-state index is 12.7. The fraction of sp³-hybridized carbons (Fsp3) is 0.600. The van der Waals surface area contributed by atoms with Gasteiger partial charge in [0.15, 0.2) is 0 Å². The van der Waals surface area contributed by atoms with Crippen LogP contribution < -0.4 is 0 Å². The molecule has 0 unspecified atom stereocenters. The minimum Gasteiger partial charge on any atom is -0.166 e. The number of hydrogen-bond acceptors (Lipinski definition) is 0. The Morgan fingerprint density at radius 3 is 2.17 bits per heavy atom. The molecule has 1 saturated carbocycles. The van der Waals surface area contributed by atoms with Crippen LogP contribution in [-0.2, 0) is 6.18 Å². The largest absolute Gasteiger partial charge is 0.416 e. The number of aryl methyl sites for hydroxylation is 1. The van der Waals surface area contributed by atoms with Crippen molar-refractivity contribution < 1.29 is 13.2 Å². The van der Waals surface area contributed by atoms with Gasteiger partial charge in [-0.1, -0.05) is 31.7 Å². The summed E-state index contributed by atoms with van der Waals surface area (Å²) in [6.07, 6.45) is 2.54. The Morgan fingerprint density at radius 2 is 1.61 bits per heavy atom. The lowest BCUT2D eigenvalue weighted by Crippen LogP contribution is -2.08. The number of rotatable bonds is 1. The third-order valence-corrected chi connectivity index (χ3v) is 3.90. The normalized spacial score (nSPS) is 18.7. The van der Waals surface area contributed by atoms with E-state index in [4.69, 9.17) is 0 Å². The van der Waals surface area contributed by atoms with E-state index in [0.717, 1.165) is 36.8 Å². The van der Waals surface area contributed by atoms with Crippen molar-refractivity contribution in [2.24, 2.45) is 0 Å². The van der Waals surface area contributed by atoms with Crippen molar-refractivity contribution in [3.8, 4) is 0 Å². The van der Waals surface area contributed by atoms with E-state index in [0.29, 0.717) is 5.92 Å². The minimum absolute atomic E-state index is 0.315. The highest BCUT2D eigenvalue weighted by molar-refractivity contribution is 5.35. The van der Waals surface area contributed by atoms with Gasteiger partial charge < -0.3 is 0 Å². The van der Waals surface area contributed by atoms with Crippen LogP contribution in [0.1, 0.15) is 61.1 Å². The molecular weight excluding hydrogens is 237 g/mol. The second-order valence-corrected chi connectivity index (χ2v) is 5.26. The topological polar surface area (TPSA) is 0 Å². The highest BCUT2D eigenvalue weighted by Crippen LogP contribution is 2.37. The van der Waals surface area contributed by atoms with Gasteiger partial charge in [0, 0.05) is 0 Å². The van der Waals surface area contributed by atoms with E-state index in [9.17, 15) is 13.2 Å². The molecule has 0 aliphatic heterocycles. The molecule has 0 bridgehead atoms. The van der Waals surface area contributed by atoms with Gasteiger partial charge in [0.05, 0.1) is 5.56 Å². The molecule has 0 amide bonds. The van der Waals surface area contributed by atoms with E-state index in [1.165, 1.54) is 25.0 Å². The molecule has 1 aliphatic carbocycles. The molecule has 1 aromatic carbocycles. The second-order valence-electron chi connectivity index (χ2n) is 5.26. The summed E-state index contributed by atoms with van der Waals surface area (Å²) in [6, 6.07) is 4.17. The van der Waals surface area contributed by atoms with E-state index in [1.54, 1.807) is 6.07 Å². The van der Waals surface area contributed by atoms with Crippen molar-refractivity contribution in [3.63, 3.8) is 0 Å². The smallest absolute Gasteiger partial charge is 0.166 e. The number of halogens is 3. The van der Waals surface area contributed by atoms with Crippen LogP contribution in [-0.4, -0.2) is 0 Å². The predicted octanol–water partition coefficient (Wildman–Crippen LogP) is 5.45. The predicted molar refractivity (Wildman–Crippen MR) is 66.6 cm³/mol. The molecule has 0 radical (unpaired) electrons. The molecule has 2 rings (SSSR count). The maximum absolute atomic E-state index is 12.7. The molecular formula is C15H19F3. The third-order valence-electron chi connectivity index (χ3n) is 3.90. The zero-order valence-electron chi connectivity index (χ0n) is 10.7. The van der Waals surface area contributed by atoms with E-state index in [-0.39, 0.29) is 0 Å². The standard InChI is InChI=1S/C15H19F3/c1-11-8-9-13(15(16,17)18)10-14(11)12-6-4-2-3-5-7-12/h8-10,12H,2-7H2,1H3. The Hall–Kier alpha value is -0.990. The summed E-state index contributed by atoms with van der Waals surface area (Å²) in [7, 11) is 0. The molecule has 0 aromatic heterocycles. The first kappa shape index (κ1) is 13.4. The molecule has 100 valence electrons. The van der Waals surface area contributed by atoms with E-state index in [1.807, 2.05) is 6.92 Å². The molecule has 0 heterocycles. The van der Waals surface area contributed by atoms with E-state index < -0.39 is 11.7 Å². The van der Waals surface area contributed by atoms with Gasteiger partial charge in [-0.3, -0.25) is 0 Å². The fourth-order valence-corrected chi connectivity index (χ4v) is 2.85. The number of hydrogen-bond donors (Lipinski definition) is 0. The number of benzene rings is 1. The van der Waals surface area contributed by atoms with Crippen molar-refractivity contribution >= 4 is 0 Å². The van der Waals surface area contributed by atoms with Gasteiger partial charge in [-0.2, -0.15) is 13.2 Å². The van der Waals surface area contributed by atoms with Crippen LogP contribution in [0.25, 0.3) is 0 Å². The monoisotopic (exact) mass is 256 g/mol. The van der Waals surface area contributed by atoms with Gasteiger partial charge in [-0.25, -0.2) is 0 Å². The van der Waals surface area contributed by atoms with Gasteiger partial charge >= 0.3 is 6.18 Å². The van der Waals surface area contributed by atoms with Crippen LogP contribution in [0.3, 0.4) is 0 Å². The summed E-state index contributed by atoms with van der Waals surface area (Å²) < 4.78 is 38.2. The molecule has 3 heteroatoms. The zero-order valence-corrected chi connectivity index (χ0v) is 10.7. The van der Waals surface area contributed by atoms with Crippen LogP contribution in [0.5, 0.6) is 0 Å². The molecule has 0 spiro atoms. The molecule has 0 saturated heterocycles. The molecule has 1 aliphatic rings. The van der Waals surface area contributed by atoms with E-state index >= 15 is 0 Å². The van der Waals surface area contributed by atoms with Crippen molar-refractivity contribution in [2.75, 3.05) is 0 Å². The Morgan fingerprint density at radius 1 is 1.00 bits per heavy atom. The van der Waals surface area contributed by atoms with Crippen molar-refractivity contribution in [2.45, 2.75) is 57.5 Å². The Labute approximate surface area is 106 Å². The number of alkyl halides is 3. The second kappa shape index (κ2) is 5.33. The van der Waals surface area contributed by atoms with Gasteiger partial charge in [0.1, 0.15) is 0 Å². The quantitative estimate of drug-likeness (QED) is 0.586. The first-order chi connectivity index (χ1) is 8.48. The highest BCUT2D eigenvalue weighted by atomic mass is 19.4. The average Bonchev–Trinajstić information content (AvgIpc) is 2.56. The third kappa shape index (κ3) is 3.06. The Bertz CT molecular complexity index is 399. The van der Waals surface area contributed by atoms with Crippen molar-refractivity contribution in [3.05, 3.63) is 34.9 Å².